The minimum Gasteiger partial charge on any atom is -0.388 e. The molecule has 1 rings (SSSR count). The lowest BCUT2D eigenvalue weighted by atomic mass is 9.92. The topological polar surface area (TPSA) is 72.9 Å². The van der Waals surface area contributed by atoms with E-state index < -0.39 is 15.8 Å². The highest BCUT2D eigenvalue weighted by atomic mass is 32.2. The Morgan fingerprint density at radius 2 is 1.89 bits per heavy atom. The van der Waals surface area contributed by atoms with E-state index in [1.165, 1.54) is 11.4 Å². The van der Waals surface area contributed by atoms with E-state index in [1.807, 2.05) is 20.9 Å². The minimum atomic E-state index is -3.50. The molecule has 2 N–H and O–H groups in total. The quantitative estimate of drug-likeness (QED) is 0.719. The van der Waals surface area contributed by atoms with E-state index in [1.54, 1.807) is 0 Å². The Balaban J connectivity index is 2.54. The van der Waals surface area contributed by atoms with Crippen LogP contribution in [-0.4, -0.2) is 68.1 Å². The van der Waals surface area contributed by atoms with Crippen LogP contribution in [0.5, 0.6) is 0 Å². The number of nitrogens with one attached hydrogen (secondary N) is 1. The Labute approximate surface area is 110 Å². The normalized spacial score (nSPS) is 21.7. The third kappa shape index (κ3) is 4.17. The van der Waals surface area contributed by atoms with Crippen molar-refractivity contribution in [1.82, 2.24) is 13.9 Å². The van der Waals surface area contributed by atoms with Crippen LogP contribution in [0.1, 0.15) is 26.7 Å². The molecule has 7 heteroatoms. The van der Waals surface area contributed by atoms with Gasteiger partial charge in [-0.2, -0.15) is 17.4 Å². The predicted octanol–water partition coefficient (Wildman–Crippen LogP) is -0.382. The molecule has 0 saturated carbocycles. The van der Waals surface area contributed by atoms with Crippen molar-refractivity contribution in [2.24, 2.45) is 0 Å². The molecule has 1 aliphatic rings. The van der Waals surface area contributed by atoms with Gasteiger partial charge in [-0.3, -0.25) is 0 Å². The van der Waals surface area contributed by atoms with Gasteiger partial charge in [0.2, 0.25) is 0 Å². The average Bonchev–Trinajstić information content (AvgIpc) is 2.30. The van der Waals surface area contributed by atoms with Gasteiger partial charge in [0.25, 0.3) is 10.2 Å². The second kappa shape index (κ2) is 5.83. The van der Waals surface area contributed by atoms with Crippen LogP contribution in [0.3, 0.4) is 0 Å². The summed E-state index contributed by atoms with van der Waals surface area (Å²) in [6.45, 7) is 5.28. The van der Waals surface area contributed by atoms with Gasteiger partial charge in [0.05, 0.1) is 5.60 Å². The highest BCUT2D eigenvalue weighted by Gasteiger charge is 2.33. The first-order valence-corrected chi connectivity index (χ1v) is 7.74. The van der Waals surface area contributed by atoms with Crippen molar-refractivity contribution in [2.45, 2.75) is 38.3 Å². The zero-order valence-electron chi connectivity index (χ0n) is 11.7. The molecule has 6 nitrogen and oxygen atoms in total. The van der Waals surface area contributed by atoms with Gasteiger partial charge < -0.3 is 10.0 Å². The fraction of sp³-hybridized carbons (Fsp3) is 1.00. The Hall–Kier alpha value is -0.210. The summed E-state index contributed by atoms with van der Waals surface area (Å²) < 4.78 is 27.6. The molecule has 108 valence electrons. The SMILES string of the molecule is CC(C)N(C)S(=O)(=O)NCC1(O)CCN(C)CC1. The third-order valence-corrected chi connectivity index (χ3v) is 5.30. The molecule has 0 aromatic carbocycles. The fourth-order valence-electron chi connectivity index (χ4n) is 1.82. The number of likely N-dealkylation sites (tertiary alicyclic amines) is 1. The second-order valence-electron chi connectivity index (χ2n) is 5.46. The van der Waals surface area contributed by atoms with Gasteiger partial charge in [-0.05, 0) is 33.7 Å². The first kappa shape index (κ1) is 15.8. The largest absolute Gasteiger partial charge is 0.388 e. The molecule has 0 spiro atoms. The molecule has 0 aromatic heterocycles. The van der Waals surface area contributed by atoms with E-state index in [4.69, 9.17) is 0 Å². The zero-order chi connectivity index (χ0) is 14.0. The van der Waals surface area contributed by atoms with E-state index in [-0.39, 0.29) is 12.6 Å². The summed E-state index contributed by atoms with van der Waals surface area (Å²) in [4.78, 5) is 2.13. The highest BCUT2D eigenvalue weighted by Crippen LogP contribution is 2.20. The molecule has 1 saturated heterocycles. The van der Waals surface area contributed by atoms with E-state index in [0.29, 0.717) is 12.8 Å². The number of rotatable bonds is 5. The van der Waals surface area contributed by atoms with Crippen molar-refractivity contribution < 1.29 is 13.5 Å². The van der Waals surface area contributed by atoms with Crippen molar-refractivity contribution in [3.63, 3.8) is 0 Å². The third-order valence-electron chi connectivity index (χ3n) is 3.61. The number of hydrogen-bond donors (Lipinski definition) is 2. The van der Waals surface area contributed by atoms with Crippen LogP contribution in [0.15, 0.2) is 0 Å². The predicted molar refractivity (Wildman–Crippen MR) is 71.5 cm³/mol. The average molecular weight is 279 g/mol. The summed E-state index contributed by atoms with van der Waals surface area (Å²) in [5, 5.41) is 10.3. The molecule has 0 aromatic rings. The molecule has 0 bridgehead atoms. The highest BCUT2D eigenvalue weighted by molar-refractivity contribution is 7.87. The monoisotopic (exact) mass is 279 g/mol. The molecule has 18 heavy (non-hydrogen) atoms. The molecule has 0 radical (unpaired) electrons. The van der Waals surface area contributed by atoms with Gasteiger partial charge in [-0.1, -0.05) is 0 Å². The molecule has 0 atom stereocenters. The van der Waals surface area contributed by atoms with Gasteiger partial charge in [-0.15, -0.1) is 0 Å². The van der Waals surface area contributed by atoms with Gasteiger partial charge in [0.15, 0.2) is 0 Å². The van der Waals surface area contributed by atoms with E-state index >= 15 is 0 Å². The van der Waals surface area contributed by atoms with Crippen LogP contribution in [0, 0.1) is 0 Å². The summed E-state index contributed by atoms with van der Waals surface area (Å²) in [6, 6.07) is -0.102. The molecule has 1 fully saturated rings. The number of piperidine rings is 1. The van der Waals surface area contributed by atoms with E-state index in [9.17, 15) is 13.5 Å². The maximum atomic E-state index is 11.9. The number of nitrogens with zero attached hydrogens (tertiary/aromatic N) is 2. The van der Waals surface area contributed by atoms with E-state index in [2.05, 4.69) is 9.62 Å². The molecule has 1 aliphatic heterocycles. The summed E-state index contributed by atoms with van der Waals surface area (Å²) in [7, 11) is 0.0289. The Morgan fingerprint density at radius 3 is 2.33 bits per heavy atom. The second-order valence-corrected chi connectivity index (χ2v) is 7.28. The summed E-state index contributed by atoms with van der Waals surface area (Å²) in [5.74, 6) is 0. The molecular weight excluding hydrogens is 254 g/mol. The van der Waals surface area contributed by atoms with Gasteiger partial charge in [-0.25, -0.2) is 0 Å². The van der Waals surface area contributed by atoms with Crippen LogP contribution in [0.25, 0.3) is 0 Å². The lowest BCUT2D eigenvalue weighted by Gasteiger charge is -2.37. The smallest absolute Gasteiger partial charge is 0.279 e. The van der Waals surface area contributed by atoms with Crippen LogP contribution >= 0.6 is 0 Å². The minimum absolute atomic E-state index is 0.0836. The van der Waals surface area contributed by atoms with Gasteiger partial charge in [0.1, 0.15) is 0 Å². The Bertz CT molecular complexity index is 362. The molecule has 0 amide bonds. The van der Waals surface area contributed by atoms with Crippen molar-refractivity contribution in [2.75, 3.05) is 33.7 Å². The van der Waals surface area contributed by atoms with Crippen molar-refractivity contribution in [3.8, 4) is 0 Å². The Kier molecular flexibility index (Phi) is 5.13. The molecule has 1 heterocycles. The lowest BCUT2D eigenvalue weighted by Crippen LogP contribution is -2.52. The standard InChI is InChI=1S/C11H25N3O3S/c1-10(2)14(4)18(16,17)12-9-11(15)5-7-13(3)8-6-11/h10,12,15H,5-9H2,1-4H3. The summed E-state index contributed by atoms with van der Waals surface area (Å²) in [5.41, 5.74) is -0.919. The summed E-state index contributed by atoms with van der Waals surface area (Å²) >= 11 is 0. The zero-order valence-corrected chi connectivity index (χ0v) is 12.5. The van der Waals surface area contributed by atoms with Crippen molar-refractivity contribution >= 4 is 10.2 Å². The maximum Gasteiger partial charge on any atom is 0.279 e. The summed E-state index contributed by atoms with van der Waals surface area (Å²) in [6.07, 6.45) is 1.19. The van der Waals surface area contributed by atoms with Crippen LogP contribution in [-0.2, 0) is 10.2 Å². The van der Waals surface area contributed by atoms with Crippen molar-refractivity contribution in [1.29, 1.82) is 0 Å². The number of hydrogen-bond acceptors (Lipinski definition) is 4. The molecule has 0 aliphatic carbocycles. The van der Waals surface area contributed by atoms with E-state index in [0.717, 1.165) is 13.1 Å². The van der Waals surface area contributed by atoms with Gasteiger partial charge in [0, 0.05) is 32.7 Å². The fourth-order valence-corrected chi connectivity index (χ4v) is 3.03. The van der Waals surface area contributed by atoms with Gasteiger partial charge >= 0.3 is 0 Å². The van der Waals surface area contributed by atoms with Crippen LogP contribution < -0.4 is 4.72 Å². The Morgan fingerprint density at radius 1 is 1.39 bits per heavy atom. The first-order chi connectivity index (χ1) is 8.16. The van der Waals surface area contributed by atoms with Crippen molar-refractivity contribution in [3.05, 3.63) is 0 Å². The number of aliphatic hydroxyl groups is 1. The molecule has 0 unspecified atom stereocenters. The molecular formula is C11H25N3O3S. The first-order valence-electron chi connectivity index (χ1n) is 6.30. The van der Waals surface area contributed by atoms with Crippen LogP contribution in [0.4, 0.5) is 0 Å². The lowest BCUT2D eigenvalue weighted by molar-refractivity contribution is -0.0106. The van der Waals surface area contributed by atoms with Crippen LogP contribution in [0.2, 0.25) is 0 Å². The maximum absolute atomic E-state index is 11.9.